The summed E-state index contributed by atoms with van der Waals surface area (Å²) in [7, 11) is 0. The van der Waals surface area contributed by atoms with E-state index in [1.165, 1.54) is 54.4 Å². The predicted molar refractivity (Wildman–Crippen MR) is 89.7 cm³/mol. The molecule has 1 aliphatic carbocycles. The molecule has 0 aromatic heterocycles. The van der Waals surface area contributed by atoms with Crippen LogP contribution in [-0.4, -0.2) is 0 Å². The number of hydrogen-bond acceptors (Lipinski definition) is 0. The number of rotatable bonds is 6. The van der Waals surface area contributed by atoms with Crippen molar-refractivity contribution in [2.45, 2.75) is 77.5 Å². The first-order chi connectivity index (χ1) is 9.69. The quantitative estimate of drug-likeness (QED) is 0.545. The van der Waals surface area contributed by atoms with E-state index in [-0.39, 0.29) is 5.38 Å². The second-order valence-corrected chi connectivity index (χ2v) is 6.77. The number of hydrogen-bond donors (Lipinski definition) is 0. The first-order valence-corrected chi connectivity index (χ1v) is 8.91. The van der Waals surface area contributed by atoms with Crippen LogP contribution in [0, 0.1) is 5.92 Å². The summed E-state index contributed by atoms with van der Waals surface area (Å²) in [6.45, 7) is 6.76. The summed E-state index contributed by atoms with van der Waals surface area (Å²) in [5.41, 5.74) is 5.89. The SMILES string of the molecule is CCc1cc(CC)c(C(Cl)CC2CCCC2)c(CC)c1. The molecule has 0 nitrogen and oxygen atoms in total. The average molecular weight is 293 g/mol. The highest BCUT2D eigenvalue weighted by Gasteiger charge is 2.23. The van der Waals surface area contributed by atoms with Gasteiger partial charge in [-0.3, -0.25) is 0 Å². The second-order valence-electron chi connectivity index (χ2n) is 6.24. The fourth-order valence-electron chi connectivity index (χ4n) is 3.70. The van der Waals surface area contributed by atoms with Crippen LogP contribution in [-0.2, 0) is 19.3 Å². The third-order valence-corrected chi connectivity index (χ3v) is 5.31. The Morgan fingerprint density at radius 1 is 1.00 bits per heavy atom. The largest absolute Gasteiger partial charge is 0.118 e. The van der Waals surface area contributed by atoms with Crippen LogP contribution in [0.15, 0.2) is 12.1 Å². The van der Waals surface area contributed by atoms with Crippen molar-refractivity contribution in [2.75, 3.05) is 0 Å². The molecule has 1 atom stereocenters. The van der Waals surface area contributed by atoms with Crippen LogP contribution < -0.4 is 0 Å². The Morgan fingerprint density at radius 3 is 2.00 bits per heavy atom. The van der Waals surface area contributed by atoms with Gasteiger partial charge in [-0.15, -0.1) is 11.6 Å². The third kappa shape index (κ3) is 3.58. The normalized spacial score (nSPS) is 17.6. The smallest absolute Gasteiger partial charge is 0.0593 e. The molecule has 1 aliphatic rings. The van der Waals surface area contributed by atoms with Crippen LogP contribution in [0.1, 0.15) is 80.5 Å². The zero-order chi connectivity index (χ0) is 14.5. The molecule has 2 rings (SSSR count). The summed E-state index contributed by atoms with van der Waals surface area (Å²) in [5.74, 6) is 0.859. The minimum atomic E-state index is 0.217. The van der Waals surface area contributed by atoms with Gasteiger partial charge < -0.3 is 0 Å². The fourth-order valence-corrected chi connectivity index (χ4v) is 4.23. The molecule has 1 fully saturated rings. The minimum absolute atomic E-state index is 0.217. The Labute approximate surface area is 129 Å². The topological polar surface area (TPSA) is 0 Å². The highest BCUT2D eigenvalue weighted by atomic mass is 35.5. The highest BCUT2D eigenvalue weighted by molar-refractivity contribution is 6.21. The summed E-state index contributed by atoms with van der Waals surface area (Å²) in [5, 5.41) is 0.217. The molecule has 0 bridgehead atoms. The van der Waals surface area contributed by atoms with Crippen molar-refractivity contribution < 1.29 is 0 Å². The molecule has 0 aliphatic heterocycles. The maximum atomic E-state index is 6.85. The van der Waals surface area contributed by atoms with Crippen molar-refractivity contribution in [3.8, 4) is 0 Å². The van der Waals surface area contributed by atoms with E-state index < -0.39 is 0 Å². The van der Waals surface area contributed by atoms with Gasteiger partial charge in [-0.05, 0) is 53.9 Å². The van der Waals surface area contributed by atoms with E-state index in [0.29, 0.717) is 0 Å². The number of alkyl halides is 1. The Balaban J connectivity index is 2.27. The van der Waals surface area contributed by atoms with E-state index >= 15 is 0 Å². The highest BCUT2D eigenvalue weighted by Crippen LogP contribution is 2.39. The van der Waals surface area contributed by atoms with E-state index in [4.69, 9.17) is 11.6 Å². The van der Waals surface area contributed by atoms with Crippen molar-refractivity contribution >= 4 is 11.6 Å². The fraction of sp³-hybridized carbons (Fsp3) is 0.684. The molecule has 0 heterocycles. The van der Waals surface area contributed by atoms with Gasteiger partial charge in [0, 0.05) is 0 Å². The molecular weight excluding hydrogens is 264 g/mol. The Kier molecular flexibility index (Phi) is 5.96. The third-order valence-electron chi connectivity index (χ3n) is 4.91. The first kappa shape index (κ1) is 15.9. The Hall–Kier alpha value is -0.490. The molecule has 1 heteroatoms. The van der Waals surface area contributed by atoms with Crippen molar-refractivity contribution in [3.63, 3.8) is 0 Å². The first-order valence-electron chi connectivity index (χ1n) is 8.48. The molecule has 0 spiro atoms. The lowest BCUT2D eigenvalue weighted by molar-refractivity contribution is 0.494. The van der Waals surface area contributed by atoms with Crippen molar-refractivity contribution in [1.82, 2.24) is 0 Å². The van der Waals surface area contributed by atoms with E-state index in [0.717, 1.165) is 25.2 Å². The van der Waals surface area contributed by atoms with Gasteiger partial charge in [0.15, 0.2) is 0 Å². The Bertz CT molecular complexity index is 404. The summed E-state index contributed by atoms with van der Waals surface area (Å²) in [6, 6.07) is 4.77. The monoisotopic (exact) mass is 292 g/mol. The van der Waals surface area contributed by atoms with Crippen molar-refractivity contribution in [3.05, 3.63) is 34.4 Å². The van der Waals surface area contributed by atoms with Gasteiger partial charge in [-0.25, -0.2) is 0 Å². The molecule has 0 saturated heterocycles. The van der Waals surface area contributed by atoms with Gasteiger partial charge >= 0.3 is 0 Å². The lowest BCUT2D eigenvalue weighted by atomic mass is 9.88. The molecule has 20 heavy (non-hydrogen) atoms. The maximum Gasteiger partial charge on any atom is 0.0593 e. The molecule has 0 amide bonds. The van der Waals surface area contributed by atoms with Gasteiger partial charge in [-0.1, -0.05) is 58.6 Å². The lowest BCUT2D eigenvalue weighted by Gasteiger charge is -2.22. The van der Waals surface area contributed by atoms with Crippen LogP contribution in [0.4, 0.5) is 0 Å². The maximum absolute atomic E-state index is 6.85. The summed E-state index contributed by atoms with van der Waals surface area (Å²) in [6.07, 6.45) is 10.1. The zero-order valence-electron chi connectivity index (χ0n) is 13.3. The van der Waals surface area contributed by atoms with Crippen LogP contribution in [0.2, 0.25) is 0 Å². The molecule has 112 valence electrons. The van der Waals surface area contributed by atoms with E-state index in [2.05, 4.69) is 32.9 Å². The van der Waals surface area contributed by atoms with Crippen molar-refractivity contribution in [2.24, 2.45) is 5.92 Å². The molecule has 0 radical (unpaired) electrons. The number of aryl methyl sites for hydroxylation is 3. The molecule has 1 aromatic carbocycles. The van der Waals surface area contributed by atoms with Crippen LogP contribution in [0.3, 0.4) is 0 Å². The average Bonchev–Trinajstić information content (AvgIpc) is 2.98. The number of halogens is 1. The summed E-state index contributed by atoms with van der Waals surface area (Å²) < 4.78 is 0. The summed E-state index contributed by atoms with van der Waals surface area (Å²) in [4.78, 5) is 0. The number of benzene rings is 1. The second kappa shape index (κ2) is 7.50. The zero-order valence-corrected chi connectivity index (χ0v) is 14.1. The predicted octanol–water partition coefficient (Wildman–Crippen LogP) is 6.23. The standard InChI is InChI=1S/C19H29Cl/c1-4-14-11-16(5-2)19(17(6-3)12-14)18(20)13-15-9-7-8-10-15/h11-12,15,18H,4-10,13H2,1-3H3. The van der Waals surface area contributed by atoms with E-state index in [1.54, 1.807) is 0 Å². The van der Waals surface area contributed by atoms with Gasteiger partial charge in [-0.2, -0.15) is 0 Å². The van der Waals surface area contributed by atoms with Gasteiger partial charge in [0.25, 0.3) is 0 Å². The van der Waals surface area contributed by atoms with E-state index in [9.17, 15) is 0 Å². The lowest BCUT2D eigenvalue weighted by Crippen LogP contribution is -2.07. The van der Waals surface area contributed by atoms with Crippen LogP contribution in [0.5, 0.6) is 0 Å². The molecule has 0 N–H and O–H groups in total. The van der Waals surface area contributed by atoms with Gasteiger partial charge in [0.1, 0.15) is 0 Å². The van der Waals surface area contributed by atoms with Gasteiger partial charge in [0.2, 0.25) is 0 Å². The van der Waals surface area contributed by atoms with E-state index in [1.807, 2.05) is 0 Å². The van der Waals surface area contributed by atoms with Gasteiger partial charge in [0.05, 0.1) is 5.38 Å². The van der Waals surface area contributed by atoms with Crippen LogP contribution in [0.25, 0.3) is 0 Å². The minimum Gasteiger partial charge on any atom is -0.118 e. The molecule has 1 saturated carbocycles. The molecule has 1 unspecified atom stereocenters. The summed E-state index contributed by atoms with van der Waals surface area (Å²) >= 11 is 6.85. The Morgan fingerprint density at radius 2 is 1.55 bits per heavy atom. The van der Waals surface area contributed by atoms with Crippen LogP contribution >= 0.6 is 11.6 Å². The molecular formula is C19H29Cl. The molecule has 1 aromatic rings. The van der Waals surface area contributed by atoms with Crippen molar-refractivity contribution in [1.29, 1.82) is 0 Å².